The second-order valence-electron chi connectivity index (χ2n) is 8.55. The summed E-state index contributed by atoms with van der Waals surface area (Å²) >= 11 is 0. The van der Waals surface area contributed by atoms with Crippen LogP contribution in [0.3, 0.4) is 0 Å². The van der Waals surface area contributed by atoms with Crippen LogP contribution in [0, 0.1) is 11.6 Å². The first-order valence-electron chi connectivity index (χ1n) is 11.6. The van der Waals surface area contributed by atoms with E-state index in [4.69, 9.17) is 9.47 Å². The molecule has 3 aromatic rings. The molecule has 0 saturated carbocycles. The average Bonchev–Trinajstić information content (AvgIpc) is 2.86. The minimum Gasteiger partial charge on any atom is -0.462 e. The van der Waals surface area contributed by atoms with Crippen molar-refractivity contribution >= 4 is 11.9 Å². The molecule has 0 aliphatic rings. The maximum absolute atomic E-state index is 15.0. The molecule has 0 unspecified atom stereocenters. The molecule has 0 aliphatic heterocycles. The van der Waals surface area contributed by atoms with Gasteiger partial charge in [-0.15, -0.1) is 0 Å². The Kier molecular flexibility index (Phi) is 8.90. The van der Waals surface area contributed by atoms with Crippen LogP contribution in [0.1, 0.15) is 32.3 Å². The fourth-order valence-corrected chi connectivity index (χ4v) is 3.46. The highest BCUT2D eigenvalue weighted by Crippen LogP contribution is 2.32. The van der Waals surface area contributed by atoms with Gasteiger partial charge in [-0.05, 0) is 61.9 Å². The van der Waals surface area contributed by atoms with Crippen LogP contribution in [0.15, 0.2) is 85.0 Å². The third kappa shape index (κ3) is 6.75. The maximum atomic E-state index is 15.0. The van der Waals surface area contributed by atoms with Gasteiger partial charge < -0.3 is 9.47 Å². The second-order valence-corrected chi connectivity index (χ2v) is 8.55. The lowest BCUT2D eigenvalue weighted by molar-refractivity contribution is -0.139. The van der Waals surface area contributed by atoms with Gasteiger partial charge in [0.15, 0.2) is 11.6 Å². The van der Waals surface area contributed by atoms with Crippen LogP contribution in [0.5, 0.6) is 5.75 Å². The molecule has 0 fully saturated rings. The molecule has 0 aromatic heterocycles. The first-order valence-corrected chi connectivity index (χ1v) is 11.6. The summed E-state index contributed by atoms with van der Waals surface area (Å²) in [4.78, 5) is 23.0. The molecular formula is C30H28F2O4. The molecule has 4 nitrogen and oxygen atoms in total. The average molecular weight is 491 g/mol. The minimum atomic E-state index is -0.951. The fourth-order valence-electron chi connectivity index (χ4n) is 3.46. The Labute approximate surface area is 209 Å². The lowest BCUT2D eigenvalue weighted by atomic mass is 9.97. The summed E-state index contributed by atoms with van der Waals surface area (Å²) in [6.45, 7) is 10.5. The number of esters is 2. The Bertz CT molecular complexity index is 1280. The van der Waals surface area contributed by atoms with Crippen molar-refractivity contribution in [3.05, 3.63) is 102 Å². The monoisotopic (exact) mass is 490 g/mol. The molecule has 0 radical (unpaired) electrons. The zero-order valence-corrected chi connectivity index (χ0v) is 20.4. The number of unbranched alkanes of at least 4 members (excludes halogenated alkanes) is 1. The second kappa shape index (κ2) is 12.1. The summed E-state index contributed by atoms with van der Waals surface area (Å²) in [5.41, 5.74) is 2.99. The number of carbonyl (C=O) groups is 2. The lowest BCUT2D eigenvalue weighted by Crippen LogP contribution is -2.07. The van der Waals surface area contributed by atoms with E-state index in [1.165, 1.54) is 25.1 Å². The van der Waals surface area contributed by atoms with Gasteiger partial charge >= 0.3 is 11.9 Å². The molecule has 36 heavy (non-hydrogen) atoms. The van der Waals surface area contributed by atoms with E-state index in [-0.39, 0.29) is 28.4 Å². The van der Waals surface area contributed by atoms with Gasteiger partial charge in [0.2, 0.25) is 0 Å². The molecule has 0 aliphatic carbocycles. The van der Waals surface area contributed by atoms with Gasteiger partial charge in [0, 0.05) is 22.3 Å². The molecule has 0 heterocycles. The van der Waals surface area contributed by atoms with E-state index in [9.17, 15) is 18.4 Å². The predicted molar refractivity (Wildman–Crippen MR) is 136 cm³/mol. The van der Waals surface area contributed by atoms with E-state index in [1.54, 1.807) is 37.3 Å². The van der Waals surface area contributed by atoms with E-state index in [0.29, 0.717) is 23.3 Å². The molecule has 0 N–H and O–H groups in total. The predicted octanol–water partition coefficient (Wildman–Crippen LogP) is 7.22. The largest absolute Gasteiger partial charge is 0.462 e. The SMILES string of the molecule is C=C(C)C(=O)OCCCCc1ccc(-c2ccc(-c3ccc(OC(=O)C(=C)C)cc3)c(F)c2F)cc1. The van der Waals surface area contributed by atoms with E-state index < -0.39 is 17.6 Å². The van der Waals surface area contributed by atoms with Crippen molar-refractivity contribution in [3.8, 4) is 28.0 Å². The number of benzene rings is 3. The molecule has 0 saturated heterocycles. The van der Waals surface area contributed by atoms with Gasteiger partial charge in [0.25, 0.3) is 0 Å². The molecule has 0 atom stereocenters. The number of aryl methyl sites for hydroxylation is 1. The molecule has 3 aromatic carbocycles. The molecule has 6 heteroatoms. The maximum Gasteiger partial charge on any atom is 0.338 e. The Balaban J connectivity index is 1.65. The number of carbonyl (C=O) groups excluding carboxylic acids is 2. The summed E-state index contributed by atoms with van der Waals surface area (Å²) in [6.07, 6.45) is 2.32. The van der Waals surface area contributed by atoms with Crippen molar-refractivity contribution in [2.45, 2.75) is 33.1 Å². The van der Waals surface area contributed by atoms with E-state index in [1.807, 2.05) is 12.1 Å². The van der Waals surface area contributed by atoms with Gasteiger partial charge in [-0.3, -0.25) is 0 Å². The first-order chi connectivity index (χ1) is 17.2. The Morgan fingerprint density at radius 1 is 0.722 bits per heavy atom. The van der Waals surface area contributed by atoms with Crippen molar-refractivity contribution in [2.75, 3.05) is 6.61 Å². The number of halogens is 2. The summed E-state index contributed by atoms with van der Waals surface area (Å²) in [7, 11) is 0. The zero-order chi connectivity index (χ0) is 26.2. The van der Waals surface area contributed by atoms with E-state index >= 15 is 0 Å². The first kappa shape index (κ1) is 26.5. The van der Waals surface area contributed by atoms with Crippen LogP contribution >= 0.6 is 0 Å². The third-order valence-corrected chi connectivity index (χ3v) is 5.51. The molecule has 186 valence electrons. The van der Waals surface area contributed by atoms with Gasteiger partial charge in [-0.1, -0.05) is 61.7 Å². The minimum absolute atomic E-state index is 0.109. The Morgan fingerprint density at radius 2 is 1.22 bits per heavy atom. The molecule has 0 spiro atoms. The van der Waals surface area contributed by atoms with Gasteiger partial charge in [-0.25, -0.2) is 18.4 Å². The lowest BCUT2D eigenvalue weighted by Gasteiger charge is -2.11. The summed E-state index contributed by atoms with van der Waals surface area (Å²) < 4.78 is 40.2. The fraction of sp³-hybridized carbons (Fsp3) is 0.200. The zero-order valence-electron chi connectivity index (χ0n) is 20.4. The number of ether oxygens (including phenoxy) is 2. The topological polar surface area (TPSA) is 52.6 Å². The summed E-state index contributed by atoms with van der Waals surface area (Å²) in [5.74, 6) is -2.54. The number of rotatable bonds is 10. The quantitative estimate of drug-likeness (QED) is 0.130. The van der Waals surface area contributed by atoms with Crippen LogP contribution in [0.2, 0.25) is 0 Å². The molecule has 3 rings (SSSR count). The molecule has 0 amide bonds. The van der Waals surface area contributed by atoms with Gasteiger partial charge in [-0.2, -0.15) is 0 Å². The highest BCUT2D eigenvalue weighted by atomic mass is 19.2. The Morgan fingerprint density at radius 3 is 1.72 bits per heavy atom. The number of hydrogen-bond acceptors (Lipinski definition) is 4. The highest BCUT2D eigenvalue weighted by Gasteiger charge is 2.16. The van der Waals surface area contributed by atoms with Crippen molar-refractivity contribution in [1.29, 1.82) is 0 Å². The van der Waals surface area contributed by atoms with Crippen LogP contribution in [0.4, 0.5) is 8.78 Å². The number of hydrogen-bond donors (Lipinski definition) is 0. The van der Waals surface area contributed by atoms with Crippen LogP contribution in [0.25, 0.3) is 22.3 Å². The molecule has 0 bridgehead atoms. The van der Waals surface area contributed by atoms with Crippen LogP contribution < -0.4 is 4.74 Å². The Hall–Kier alpha value is -4.06. The van der Waals surface area contributed by atoms with Crippen LogP contribution in [-0.4, -0.2) is 18.5 Å². The van der Waals surface area contributed by atoms with E-state index in [2.05, 4.69) is 13.2 Å². The van der Waals surface area contributed by atoms with Crippen molar-refractivity contribution < 1.29 is 27.8 Å². The van der Waals surface area contributed by atoms with Gasteiger partial charge in [0.05, 0.1) is 6.61 Å². The normalized spacial score (nSPS) is 10.6. The standard InChI is InChI=1S/C30H28F2O4/c1-19(2)29(33)35-18-6-5-7-21-8-10-22(11-9-21)25-16-17-26(28(32)27(25)31)23-12-14-24(15-13-23)36-30(34)20(3)4/h8-17H,1,3,5-7,18H2,2,4H3. The molecular weight excluding hydrogens is 462 g/mol. The smallest absolute Gasteiger partial charge is 0.338 e. The third-order valence-electron chi connectivity index (χ3n) is 5.51. The highest BCUT2D eigenvalue weighted by molar-refractivity contribution is 5.89. The summed E-state index contributed by atoms with van der Waals surface area (Å²) in [5, 5.41) is 0. The van der Waals surface area contributed by atoms with Crippen molar-refractivity contribution in [2.24, 2.45) is 0 Å². The van der Waals surface area contributed by atoms with Crippen molar-refractivity contribution in [3.63, 3.8) is 0 Å². The van der Waals surface area contributed by atoms with Gasteiger partial charge in [0.1, 0.15) is 5.75 Å². The summed E-state index contributed by atoms with van der Waals surface area (Å²) in [6, 6.07) is 16.5. The van der Waals surface area contributed by atoms with E-state index in [0.717, 1.165) is 24.8 Å². The van der Waals surface area contributed by atoms with Crippen molar-refractivity contribution in [1.82, 2.24) is 0 Å². The van der Waals surface area contributed by atoms with Crippen LogP contribution in [-0.2, 0) is 20.7 Å².